The first-order valence-electron chi connectivity index (χ1n) is 10.5. The van der Waals surface area contributed by atoms with Gasteiger partial charge in [-0.1, -0.05) is 6.42 Å². The van der Waals surface area contributed by atoms with Crippen molar-refractivity contribution < 1.29 is 14.4 Å². The van der Waals surface area contributed by atoms with Gasteiger partial charge in [-0.25, -0.2) is 0 Å². The number of hydrogen-bond donors (Lipinski definition) is 6. The van der Waals surface area contributed by atoms with E-state index in [2.05, 4.69) is 16.0 Å². The maximum absolute atomic E-state index is 12.6. The van der Waals surface area contributed by atoms with Crippen LogP contribution in [-0.2, 0) is 14.4 Å². The number of guanidine groups is 1. The molecule has 0 aromatic carbocycles. The smallest absolute Gasteiger partial charge is 0.239 e. The molecule has 1 fully saturated rings. The molecule has 0 spiro atoms. The van der Waals surface area contributed by atoms with Crippen molar-refractivity contribution in [2.24, 2.45) is 11.5 Å². The first-order chi connectivity index (χ1) is 13.9. The second kappa shape index (κ2) is 14.6. The Morgan fingerprint density at radius 1 is 0.897 bits per heavy atom. The third-order valence-electron chi connectivity index (χ3n) is 4.86. The zero-order valence-corrected chi connectivity index (χ0v) is 17.3. The summed E-state index contributed by atoms with van der Waals surface area (Å²) >= 11 is 0. The number of unbranched alkanes of at least 4 members (excludes halogenated alkanes) is 2. The van der Waals surface area contributed by atoms with Gasteiger partial charge in [-0.05, 0) is 45.1 Å². The highest BCUT2D eigenvalue weighted by molar-refractivity contribution is 5.83. The summed E-state index contributed by atoms with van der Waals surface area (Å²) in [6.45, 7) is 3.36. The lowest BCUT2D eigenvalue weighted by atomic mass is 10.1. The molecule has 0 unspecified atom stereocenters. The van der Waals surface area contributed by atoms with E-state index in [4.69, 9.17) is 16.9 Å². The third kappa shape index (κ3) is 11.9. The summed E-state index contributed by atoms with van der Waals surface area (Å²) in [5.74, 6) is -0.384. The molecular formula is C19H37N7O3. The molecule has 1 aliphatic heterocycles. The average Bonchev–Trinajstić information content (AvgIpc) is 3.20. The van der Waals surface area contributed by atoms with Gasteiger partial charge in [0.2, 0.25) is 17.7 Å². The topological polar surface area (TPSA) is 166 Å². The van der Waals surface area contributed by atoms with Crippen LogP contribution in [0.15, 0.2) is 0 Å². The highest BCUT2D eigenvalue weighted by atomic mass is 16.2. The summed E-state index contributed by atoms with van der Waals surface area (Å²) in [5.41, 5.74) is 10.4. The van der Waals surface area contributed by atoms with Gasteiger partial charge in [-0.2, -0.15) is 0 Å². The molecule has 1 saturated heterocycles. The van der Waals surface area contributed by atoms with Gasteiger partial charge in [-0.15, -0.1) is 0 Å². The number of hydrogen-bond acceptors (Lipinski definition) is 5. The summed E-state index contributed by atoms with van der Waals surface area (Å²) < 4.78 is 0. The number of nitrogens with one attached hydrogen (secondary N) is 4. The number of rotatable bonds is 15. The number of primary amides is 1. The van der Waals surface area contributed by atoms with Crippen LogP contribution in [0.5, 0.6) is 0 Å². The van der Waals surface area contributed by atoms with Crippen molar-refractivity contribution in [2.45, 2.75) is 63.8 Å². The van der Waals surface area contributed by atoms with Crippen LogP contribution in [0.4, 0.5) is 0 Å². The van der Waals surface area contributed by atoms with Crippen LogP contribution in [0.3, 0.4) is 0 Å². The number of amides is 3. The molecule has 3 amide bonds. The standard InChI is InChI=1S/C19H37N7O3/c20-16(27)9-8-15(18(29)26-13-4-5-14-26)23-10-3-1-2-7-17(28)24-11-6-12-25-19(21)22/h15,23H,1-14H2,(H2,20,27)(H,24,28)(H4,21,22,25)/t15-/m0/s1. The normalized spacial score (nSPS) is 14.4. The molecule has 1 heterocycles. The van der Waals surface area contributed by atoms with Crippen molar-refractivity contribution in [3.05, 3.63) is 0 Å². The molecule has 166 valence electrons. The van der Waals surface area contributed by atoms with E-state index in [-0.39, 0.29) is 30.2 Å². The molecule has 1 atom stereocenters. The minimum atomic E-state index is -0.394. The summed E-state index contributed by atoms with van der Waals surface area (Å²) in [4.78, 5) is 37.3. The Morgan fingerprint density at radius 2 is 1.59 bits per heavy atom. The lowest BCUT2D eigenvalue weighted by molar-refractivity contribution is -0.132. The second-order valence-corrected chi connectivity index (χ2v) is 7.40. The molecule has 8 N–H and O–H groups in total. The van der Waals surface area contributed by atoms with Crippen LogP contribution in [-0.4, -0.2) is 67.3 Å². The van der Waals surface area contributed by atoms with Gasteiger partial charge < -0.3 is 32.3 Å². The lowest BCUT2D eigenvalue weighted by Gasteiger charge is -2.24. The monoisotopic (exact) mass is 411 g/mol. The van der Waals surface area contributed by atoms with Crippen LogP contribution < -0.4 is 27.4 Å². The van der Waals surface area contributed by atoms with Crippen LogP contribution in [0.25, 0.3) is 0 Å². The third-order valence-corrected chi connectivity index (χ3v) is 4.86. The molecular weight excluding hydrogens is 374 g/mol. The minimum Gasteiger partial charge on any atom is -0.370 e. The molecule has 10 heteroatoms. The van der Waals surface area contributed by atoms with Gasteiger partial charge in [0.15, 0.2) is 5.96 Å². The van der Waals surface area contributed by atoms with E-state index >= 15 is 0 Å². The lowest BCUT2D eigenvalue weighted by Crippen LogP contribution is -2.46. The van der Waals surface area contributed by atoms with Gasteiger partial charge in [0.05, 0.1) is 6.04 Å². The Bertz CT molecular complexity index is 536. The van der Waals surface area contributed by atoms with E-state index in [0.717, 1.165) is 45.2 Å². The average molecular weight is 412 g/mol. The fraction of sp³-hybridized carbons (Fsp3) is 0.789. The molecule has 1 aliphatic rings. The van der Waals surface area contributed by atoms with Crippen molar-refractivity contribution in [1.82, 2.24) is 20.9 Å². The Hall–Kier alpha value is -2.36. The number of carbonyl (C=O) groups is 3. The maximum atomic E-state index is 12.6. The largest absolute Gasteiger partial charge is 0.370 e. The maximum Gasteiger partial charge on any atom is 0.239 e. The van der Waals surface area contributed by atoms with E-state index in [1.54, 1.807) is 0 Å². The Labute approximate surface area is 173 Å². The molecule has 1 rings (SSSR count). The van der Waals surface area contributed by atoms with Gasteiger partial charge in [0, 0.05) is 39.0 Å². The van der Waals surface area contributed by atoms with Crippen molar-refractivity contribution in [2.75, 3.05) is 32.7 Å². The Balaban J connectivity index is 2.14. The van der Waals surface area contributed by atoms with Gasteiger partial charge in [0.1, 0.15) is 0 Å². The number of nitrogens with zero attached hydrogens (tertiary/aromatic N) is 1. The summed E-state index contributed by atoms with van der Waals surface area (Å²) in [6, 6.07) is -0.368. The quantitative estimate of drug-likeness (QED) is 0.119. The summed E-state index contributed by atoms with van der Waals surface area (Å²) in [7, 11) is 0. The highest BCUT2D eigenvalue weighted by Crippen LogP contribution is 2.11. The van der Waals surface area contributed by atoms with Crippen molar-refractivity contribution in [3.8, 4) is 0 Å². The van der Waals surface area contributed by atoms with E-state index in [1.807, 2.05) is 4.90 Å². The Morgan fingerprint density at radius 3 is 2.24 bits per heavy atom. The van der Waals surface area contributed by atoms with Gasteiger partial charge >= 0.3 is 0 Å². The molecule has 0 aromatic rings. The van der Waals surface area contributed by atoms with Crippen LogP contribution in [0, 0.1) is 5.41 Å². The van der Waals surface area contributed by atoms with E-state index in [9.17, 15) is 14.4 Å². The van der Waals surface area contributed by atoms with E-state index in [1.165, 1.54) is 0 Å². The van der Waals surface area contributed by atoms with Crippen LogP contribution in [0.2, 0.25) is 0 Å². The predicted molar refractivity (Wildman–Crippen MR) is 112 cm³/mol. The van der Waals surface area contributed by atoms with E-state index < -0.39 is 5.91 Å². The van der Waals surface area contributed by atoms with Crippen molar-refractivity contribution in [3.63, 3.8) is 0 Å². The fourth-order valence-corrected chi connectivity index (χ4v) is 3.25. The van der Waals surface area contributed by atoms with Crippen molar-refractivity contribution >= 4 is 23.7 Å². The molecule has 0 bridgehead atoms. The van der Waals surface area contributed by atoms with E-state index in [0.29, 0.717) is 38.9 Å². The molecule has 10 nitrogen and oxygen atoms in total. The zero-order valence-electron chi connectivity index (χ0n) is 17.3. The summed E-state index contributed by atoms with van der Waals surface area (Å²) in [5, 5.41) is 15.8. The zero-order chi connectivity index (χ0) is 21.5. The molecule has 0 radical (unpaired) electrons. The highest BCUT2D eigenvalue weighted by Gasteiger charge is 2.26. The minimum absolute atomic E-state index is 0.0179. The van der Waals surface area contributed by atoms with Gasteiger partial charge in [-0.3, -0.25) is 19.8 Å². The van der Waals surface area contributed by atoms with Crippen molar-refractivity contribution in [1.29, 1.82) is 5.41 Å². The Kier molecular flexibility index (Phi) is 12.4. The van der Waals surface area contributed by atoms with Crippen LogP contribution in [0.1, 0.15) is 57.8 Å². The summed E-state index contributed by atoms with van der Waals surface area (Å²) in [6.07, 6.45) is 6.39. The van der Waals surface area contributed by atoms with Crippen LogP contribution >= 0.6 is 0 Å². The molecule has 0 aliphatic carbocycles. The SMILES string of the molecule is N=C(N)NCCCNC(=O)CCCCCN[C@@H](CCC(N)=O)C(=O)N1CCCC1. The molecule has 0 aromatic heterocycles. The fourth-order valence-electron chi connectivity index (χ4n) is 3.25. The first-order valence-corrected chi connectivity index (χ1v) is 10.5. The predicted octanol–water partition coefficient (Wildman–Crippen LogP) is -0.618. The number of nitrogens with two attached hydrogens (primary N) is 2. The first kappa shape index (κ1) is 24.7. The number of carbonyl (C=O) groups excluding carboxylic acids is 3. The number of likely N-dealkylation sites (tertiary alicyclic amines) is 1. The second-order valence-electron chi connectivity index (χ2n) is 7.40. The molecule has 29 heavy (non-hydrogen) atoms. The molecule has 0 saturated carbocycles. The van der Waals surface area contributed by atoms with Gasteiger partial charge in [0.25, 0.3) is 0 Å².